The van der Waals surface area contributed by atoms with Crippen LogP contribution in [0.3, 0.4) is 0 Å². The van der Waals surface area contributed by atoms with Crippen LogP contribution in [0.5, 0.6) is 0 Å². The van der Waals surface area contributed by atoms with Gasteiger partial charge >= 0.3 is 0 Å². The van der Waals surface area contributed by atoms with E-state index in [1.807, 2.05) is 0 Å². The number of aliphatic hydroxyl groups excluding tert-OH is 1. The fourth-order valence-corrected chi connectivity index (χ4v) is 4.93. The Kier molecular flexibility index (Phi) is 8.54. The molecule has 2 heterocycles. The Morgan fingerprint density at radius 1 is 1.17 bits per heavy atom. The van der Waals surface area contributed by atoms with Crippen molar-refractivity contribution in [1.29, 1.82) is 0 Å². The normalized spacial score (nSPS) is 27.9. The summed E-state index contributed by atoms with van der Waals surface area (Å²) in [5.41, 5.74) is 2.64. The maximum atomic E-state index is 9.39. The van der Waals surface area contributed by atoms with Gasteiger partial charge in [-0.3, -0.25) is 9.89 Å². The largest absolute Gasteiger partial charge is 0.396 e. The minimum Gasteiger partial charge on any atom is -0.396 e. The molecule has 0 radical (unpaired) electrons. The number of likely N-dealkylation sites (tertiary alicyclic amines) is 1. The first kappa shape index (κ1) is 23.0. The molecule has 3 N–H and O–H groups in total. The molecule has 168 valence electrons. The number of aliphatic imine (C=N–C) groups is 1. The summed E-state index contributed by atoms with van der Waals surface area (Å²) in [7, 11) is 1.79. The molecule has 0 bridgehead atoms. The van der Waals surface area contributed by atoms with Gasteiger partial charge in [0, 0.05) is 58.4 Å². The molecule has 2 aliphatic rings. The molecule has 1 aromatic carbocycles. The lowest BCUT2D eigenvalue weighted by Crippen LogP contribution is -2.44. The van der Waals surface area contributed by atoms with Crippen molar-refractivity contribution in [3.63, 3.8) is 0 Å². The molecule has 0 aliphatic carbocycles. The Hall–Kier alpha value is -1.63. The van der Waals surface area contributed by atoms with Crippen molar-refractivity contribution in [1.82, 2.24) is 15.5 Å². The molecule has 0 saturated carbocycles. The zero-order chi connectivity index (χ0) is 21.4. The van der Waals surface area contributed by atoms with Gasteiger partial charge in [-0.2, -0.15) is 0 Å². The number of benzene rings is 1. The molecule has 3 atom stereocenters. The second kappa shape index (κ2) is 11.1. The highest BCUT2D eigenvalue weighted by molar-refractivity contribution is 5.79. The van der Waals surface area contributed by atoms with E-state index in [4.69, 9.17) is 4.74 Å². The predicted molar refractivity (Wildman–Crippen MR) is 122 cm³/mol. The second-order valence-corrected chi connectivity index (χ2v) is 9.51. The molecule has 2 fully saturated rings. The number of hydrogen-bond donors (Lipinski definition) is 3. The van der Waals surface area contributed by atoms with Crippen molar-refractivity contribution in [3.8, 4) is 0 Å². The van der Waals surface area contributed by atoms with E-state index in [0.717, 1.165) is 56.9 Å². The van der Waals surface area contributed by atoms with E-state index in [-0.39, 0.29) is 12.0 Å². The summed E-state index contributed by atoms with van der Waals surface area (Å²) < 4.78 is 5.57. The van der Waals surface area contributed by atoms with E-state index in [1.54, 1.807) is 7.05 Å². The van der Waals surface area contributed by atoms with Crippen LogP contribution in [0.1, 0.15) is 44.2 Å². The smallest absolute Gasteiger partial charge is 0.191 e. The number of hydrogen-bond acceptors (Lipinski definition) is 4. The van der Waals surface area contributed by atoms with E-state index in [0.29, 0.717) is 6.61 Å². The van der Waals surface area contributed by atoms with E-state index in [2.05, 4.69) is 58.6 Å². The first-order valence-electron chi connectivity index (χ1n) is 11.5. The van der Waals surface area contributed by atoms with Crippen LogP contribution in [0.15, 0.2) is 29.3 Å². The Labute approximate surface area is 182 Å². The number of rotatable bonds is 8. The fourth-order valence-electron chi connectivity index (χ4n) is 4.93. The average Bonchev–Trinajstić information content (AvgIpc) is 3.17. The predicted octanol–water partition coefficient (Wildman–Crippen LogP) is 2.62. The molecular formula is C24H40N4O2. The molecule has 0 amide bonds. The third-order valence-electron chi connectivity index (χ3n) is 6.52. The van der Waals surface area contributed by atoms with Crippen LogP contribution in [0.25, 0.3) is 0 Å². The standard InChI is InChI=1S/C24H40N4O2/c1-19-12-20(2)15-28(14-19)16-22-6-4-21(5-7-22)13-26-23(25-3)27-17-24(8-10-29)9-11-30-18-24/h4-7,19-20,29H,8-18H2,1-3H3,(H2,25,26,27). The average molecular weight is 417 g/mol. The van der Waals surface area contributed by atoms with Gasteiger partial charge in [-0.1, -0.05) is 38.1 Å². The molecule has 6 heteroatoms. The fraction of sp³-hybridized carbons (Fsp3) is 0.708. The van der Waals surface area contributed by atoms with Crippen LogP contribution in [-0.4, -0.2) is 62.5 Å². The number of nitrogens with zero attached hydrogens (tertiary/aromatic N) is 2. The van der Waals surface area contributed by atoms with Gasteiger partial charge in [-0.25, -0.2) is 0 Å². The Balaban J connectivity index is 1.45. The van der Waals surface area contributed by atoms with Crippen LogP contribution in [-0.2, 0) is 17.8 Å². The minimum absolute atomic E-state index is 0.0114. The Morgan fingerprint density at radius 2 is 1.87 bits per heavy atom. The van der Waals surface area contributed by atoms with Crippen LogP contribution in [0.4, 0.5) is 0 Å². The zero-order valence-corrected chi connectivity index (χ0v) is 19.0. The highest BCUT2D eigenvalue weighted by Gasteiger charge is 2.34. The van der Waals surface area contributed by atoms with Crippen molar-refractivity contribution in [2.75, 3.05) is 46.5 Å². The van der Waals surface area contributed by atoms with Gasteiger partial charge < -0.3 is 20.5 Å². The molecule has 0 spiro atoms. The summed E-state index contributed by atoms with van der Waals surface area (Å²) in [6.45, 7) is 11.4. The topological polar surface area (TPSA) is 69.1 Å². The molecule has 2 aliphatic heterocycles. The lowest BCUT2D eigenvalue weighted by molar-refractivity contribution is 0.127. The third-order valence-corrected chi connectivity index (χ3v) is 6.52. The van der Waals surface area contributed by atoms with E-state index < -0.39 is 0 Å². The molecule has 1 aromatic rings. The van der Waals surface area contributed by atoms with Crippen LogP contribution < -0.4 is 10.6 Å². The van der Waals surface area contributed by atoms with Crippen molar-refractivity contribution in [2.45, 2.75) is 46.2 Å². The van der Waals surface area contributed by atoms with Crippen molar-refractivity contribution < 1.29 is 9.84 Å². The van der Waals surface area contributed by atoms with Crippen molar-refractivity contribution in [3.05, 3.63) is 35.4 Å². The summed E-state index contributed by atoms with van der Waals surface area (Å²) in [5.74, 6) is 2.38. The molecule has 30 heavy (non-hydrogen) atoms. The van der Waals surface area contributed by atoms with Crippen LogP contribution >= 0.6 is 0 Å². The number of piperidine rings is 1. The molecule has 6 nitrogen and oxygen atoms in total. The third kappa shape index (κ3) is 6.69. The summed E-state index contributed by atoms with van der Waals surface area (Å²) in [6.07, 6.45) is 3.09. The van der Waals surface area contributed by atoms with Crippen LogP contribution in [0, 0.1) is 17.3 Å². The van der Waals surface area contributed by atoms with Gasteiger partial charge in [0.05, 0.1) is 6.61 Å². The minimum atomic E-state index is 0.0114. The van der Waals surface area contributed by atoms with E-state index in [9.17, 15) is 5.11 Å². The lowest BCUT2D eigenvalue weighted by atomic mass is 9.84. The van der Waals surface area contributed by atoms with Gasteiger partial charge in [-0.15, -0.1) is 0 Å². The summed E-state index contributed by atoms with van der Waals surface area (Å²) in [5, 5.41) is 16.2. The highest BCUT2D eigenvalue weighted by Crippen LogP contribution is 2.31. The van der Waals surface area contributed by atoms with Crippen molar-refractivity contribution in [2.24, 2.45) is 22.2 Å². The molecule has 3 unspecified atom stereocenters. The zero-order valence-electron chi connectivity index (χ0n) is 19.0. The number of guanidine groups is 1. The monoisotopic (exact) mass is 416 g/mol. The number of nitrogens with one attached hydrogen (secondary N) is 2. The molecule has 2 saturated heterocycles. The quantitative estimate of drug-likeness (QED) is 0.449. The van der Waals surface area contributed by atoms with Crippen molar-refractivity contribution >= 4 is 5.96 Å². The first-order valence-corrected chi connectivity index (χ1v) is 11.5. The SMILES string of the molecule is CN=C(NCc1ccc(CN2CC(C)CC(C)C2)cc1)NCC1(CCO)CCOC1. The highest BCUT2D eigenvalue weighted by atomic mass is 16.5. The van der Waals surface area contributed by atoms with E-state index >= 15 is 0 Å². The first-order chi connectivity index (χ1) is 14.5. The molecule has 3 rings (SSSR count). The van der Waals surface area contributed by atoms with Gasteiger partial charge in [0.15, 0.2) is 5.96 Å². The van der Waals surface area contributed by atoms with Gasteiger partial charge in [0.25, 0.3) is 0 Å². The Bertz CT molecular complexity index is 660. The maximum Gasteiger partial charge on any atom is 0.191 e. The number of ether oxygens (including phenoxy) is 1. The van der Waals surface area contributed by atoms with Crippen LogP contribution in [0.2, 0.25) is 0 Å². The number of aliphatic hydroxyl groups is 1. The molecular weight excluding hydrogens is 376 g/mol. The molecule has 0 aromatic heterocycles. The van der Waals surface area contributed by atoms with Gasteiger partial charge in [-0.05, 0) is 42.2 Å². The second-order valence-electron chi connectivity index (χ2n) is 9.51. The summed E-state index contributed by atoms with van der Waals surface area (Å²) in [4.78, 5) is 6.94. The van der Waals surface area contributed by atoms with E-state index in [1.165, 1.54) is 30.6 Å². The summed E-state index contributed by atoms with van der Waals surface area (Å²) >= 11 is 0. The lowest BCUT2D eigenvalue weighted by Gasteiger charge is -2.35. The van der Waals surface area contributed by atoms with Gasteiger partial charge in [0.1, 0.15) is 0 Å². The maximum absolute atomic E-state index is 9.39. The Morgan fingerprint density at radius 3 is 2.47 bits per heavy atom. The summed E-state index contributed by atoms with van der Waals surface area (Å²) in [6, 6.07) is 8.93. The van der Waals surface area contributed by atoms with Gasteiger partial charge in [0.2, 0.25) is 0 Å².